The molecule has 0 saturated heterocycles. The maximum atomic E-state index is 8.52. The van der Waals surface area contributed by atoms with Crippen molar-refractivity contribution in [2.75, 3.05) is 0 Å². The van der Waals surface area contributed by atoms with Crippen molar-refractivity contribution < 1.29 is 5.21 Å². The molecule has 0 spiro atoms. The van der Waals surface area contributed by atoms with Crippen LogP contribution in [0.15, 0.2) is 17.8 Å². The summed E-state index contributed by atoms with van der Waals surface area (Å²) in [6.07, 6.45) is 6.14. The Labute approximate surface area is 61.2 Å². The lowest BCUT2D eigenvalue weighted by Crippen LogP contribution is -2.04. The van der Waals surface area contributed by atoms with Crippen molar-refractivity contribution in [2.45, 2.75) is 25.7 Å². The van der Waals surface area contributed by atoms with Crippen molar-refractivity contribution in [3.05, 3.63) is 12.7 Å². The van der Waals surface area contributed by atoms with E-state index < -0.39 is 0 Å². The first-order chi connectivity index (χ1) is 4.88. The highest BCUT2D eigenvalue weighted by molar-refractivity contribution is 5.88. The Balaban J connectivity index is 2.50. The van der Waals surface area contributed by atoms with Crippen molar-refractivity contribution in [1.82, 2.24) is 0 Å². The zero-order valence-electron chi connectivity index (χ0n) is 6.08. The Morgan fingerprint density at radius 3 is 3.20 bits per heavy atom. The summed E-state index contributed by atoms with van der Waals surface area (Å²) in [6, 6.07) is 0. The topological polar surface area (TPSA) is 32.6 Å². The molecule has 1 rings (SSSR count). The van der Waals surface area contributed by atoms with E-state index in [1.54, 1.807) is 0 Å². The third-order valence-corrected chi connectivity index (χ3v) is 2.04. The van der Waals surface area contributed by atoms with E-state index in [4.69, 9.17) is 5.21 Å². The first-order valence-electron chi connectivity index (χ1n) is 3.70. The average Bonchev–Trinajstić information content (AvgIpc) is 2.36. The summed E-state index contributed by atoms with van der Waals surface area (Å²) in [6.45, 7) is 3.66. The minimum absolute atomic E-state index is 0.475. The number of oxime groups is 1. The summed E-state index contributed by atoms with van der Waals surface area (Å²) in [5.41, 5.74) is 0.958. The molecule has 1 aliphatic rings. The first-order valence-corrected chi connectivity index (χ1v) is 3.70. The second-order valence-corrected chi connectivity index (χ2v) is 2.70. The van der Waals surface area contributed by atoms with Gasteiger partial charge >= 0.3 is 0 Å². The van der Waals surface area contributed by atoms with Gasteiger partial charge in [-0.25, -0.2) is 0 Å². The molecule has 1 fully saturated rings. The molecular formula is C8H13NO. The van der Waals surface area contributed by atoms with Crippen LogP contribution in [-0.2, 0) is 0 Å². The van der Waals surface area contributed by atoms with E-state index in [0.717, 1.165) is 31.4 Å². The predicted octanol–water partition coefficient (Wildman–Crippen LogP) is 2.19. The van der Waals surface area contributed by atoms with E-state index in [2.05, 4.69) is 11.7 Å². The minimum atomic E-state index is 0.475. The minimum Gasteiger partial charge on any atom is -0.411 e. The van der Waals surface area contributed by atoms with Crippen LogP contribution in [0.2, 0.25) is 0 Å². The van der Waals surface area contributed by atoms with Crippen LogP contribution in [-0.4, -0.2) is 10.9 Å². The molecule has 0 radical (unpaired) electrons. The number of nitrogens with zero attached hydrogens (tertiary/aromatic N) is 1. The lowest BCUT2D eigenvalue weighted by Gasteiger charge is -2.03. The summed E-state index contributed by atoms with van der Waals surface area (Å²) in [5, 5.41) is 11.8. The summed E-state index contributed by atoms with van der Waals surface area (Å²) >= 11 is 0. The number of hydrogen-bond donors (Lipinski definition) is 1. The van der Waals surface area contributed by atoms with Gasteiger partial charge in [0.15, 0.2) is 0 Å². The van der Waals surface area contributed by atoms with E-state index >= 15 is 0 Å². The van der Waals surface area contributed by atoms with Crippen LogP contribution in [0.5, 0.6) is 0 Å². The fourth-order valence-corrected chi connectivity index (χ4v) is 1.49. The van der Waals surface area contributed by atoms with Gasteiger partial charge in [-0.15, -0.1) is 6.58 Å². The SMILES string of the molecule is C=CCC1CCC/C1=N\O. The van der Waals surface area contributed by atoms with E-state index in [-0.39, 0.29) is 0 Å². The molecule has 0 bridgehead atoms. The van der Waals surface area contributed by atoms with Gasteiger partial charge in [0.1, 0.15) is 0 Å². The largest absolute Gasteiger partial charge is 0.411 e. The van der Waals surface area contributed by atoms with E-state index in [1.807, 2.05) is 6.08 Å². The maximum absolute atomic E-state index is 8.52. The van der Waals surface area contributed by atoms with Gasteiger partial charge in [0, 0.05) is 5.92 Å². The van der Waals surface area contributed by atoms with Crippen molar-refractivity contribution in [2.24, 2.45) is 11.1 Å². The van der Waals surface area contributed by atoms with Gasteiger partial charge in [-0.2, -0.15) is 0 Å². The molecule has 0 heterocycles. The predicted molar refractivity (Wildman–Crippen MR) is 41.4 cm³/mol. The molecule has 0 aromatic heterocycles. The molecule has 0 aliphatic heterocycles. The Bertz CT molecular complexity index is 151. The Morgan fingerprint density at radius 2 is 2.60 bits per heavy atom. The first kappa shape index (κ1) is 7.32. The lowest BCUT2D eigenvalue weighted by atomic mass is 10.0. The lowest BCUT2D eigenvalue weighted by molar-refractivity contribution is 0.315. The second-order valence-electron chi connectivity index (χ2n) is 2.70. The van der Waals surface area contributed by atoms with Gasteiger partial charge < -0.3 is 5.21 Å². The number of allylic oxidation sites excluding steroid dienone is 1. The molecule has 1 atom stereocenters. The van der Waals surface area contributed by atoms with Gasteiger partial charge in [-0.1, -0.05) is 11.2 Å². The van der Waals surface area contributed by atoms with Crippen LogP contribution >= 0.6 is 0 Å². The van der Waals surface area contributed by atoms with Gasteiger partial charge in [-0.05, 0) is 25.7 Å². The van der Waals surface area contributed by atoms with E-state index in [9.17, 15) is 0 Å². The quantitative estimate of drug-likeness (QED) is 0.355. The second kappa shape index (κ2) is 3.40. The summed E-state index contributed by atoms with van der Waals surface area (Å²) in [5.74, 6) is 0.475. The van der Waals surface area contributed by atoms with Crippen molar-refractivity contribution >= 4 is 5.71 Å². The number of hydrogen-bond acceptors (Lipinski definition) is 2. The molecule has 56 valence electrons. The molecule has 0 aromatic carbocycles. The molecular weight excluding hydrogens is 126 g/mol. The zero-order chi connectivity index (χ0) is 7.40. The summed E-state index contributed by atoms with van der Waals surface area (Å²) < 4.78 is 0. The van der Waals surface area contributed by atoms with Gasteiger partial charge in [0.05, 0.1) is 5.71 Å². The fourth-order valence-electron chi connectivity index (χ4n) is 1.49. The average molecular weight is 139 g/mol. The molecule has 1 aliphatic carbocycles. The Morgan fingerprint density at radius 1 is 1.80 bits per heavy atom. The van der Waals surface area contributed by atoms with Crippen LogP contribution in [0.1, 0.15) is 25.7 Å². The standard InChI is InChI=1S/C8H13NO/c1-2-4-7-5-3-6-8(7)9-10/h2,7,10H,1,3-6H2/b9-8+. The molecule has 1 N–H and O–H groups in total. The highest BCUT2D eigenvalue weighted by Crippen LogP contribution is 2.25. The zero-order valence-corrected chi connectivity index (χ0v) is 6.08. The maximum Gasteiger partial charge on any atom is 0.0604 e. The smallest absolute Gasteiger partial charge is 0.0604 e. The monoisotopic (exact) mass is 139 g/mol. The number of rotatable bonds is 2. The molecule has 2 heteroatoms. The molecule has 0 aromatic rings. The van der Waals surface area contributed by atoms with Gasteiger partial charge in [0.25, 0.3) is 0 Å². The van der Waals surface area contributed by atoms with Gasteiger partial charge in [-0.3, -0.25) is 0 Å². The molecule has 0 amide bonds. The van der Waals surface area contributed by atoms with E-state index in [0.29, 0.717) is 5.92 Å². The third-order valence-electron chi connectivity index (χ3n) is 2.04. The van der Waals surface area contributed by atoms with Crippen LogP contribution in [0.4, 0.5) is 0 Å². The summed E-state index contributed by atoms with van der Waals surface area (Å²) in [4.78, 5) is 0. The molecule has 2 nitrogen and oxygen atoms in total. The van der Waals surface area contributed by atoms with Crippen LogP contribution < -0.4 is 0 Å². The molecule has 1 saturated carbocycles. The van der Waals surface area contributed by atoms with Crippen LogP contribution in [0.3, 0.4) is 0 Å². The Kier molecular flexibility index (Phi) is 2.49. The fraction of sp³-hybridized carbons (Fsp3) is 0.625. The van der Waals surface area contributed by atoms with Crippen LogP contribution in [0, 0.1) is 5.92 Å². The van der Waals surface area contributed by atoms with Crippen molar-refractivity contribution in [3.8, 4) is 0 Å². The Hall–Kier alpha value is -0.790. The highest BCUT2D eigenvalue weighted by Gasteiger charge is 2.21. The third kappa shape index (κ3) is 1.38. The van der Waals surface area contributed by atoms with Crippen molar-refractivity contribution in [3.63, 3.8) is 0 Å². The van der Waals surface area contributed by atoms with Crippen molar-refractivity contribution in [1.29, 1.82) is 0 Å². The molecule has 10 heavy (non-hydrogen) atoms. The normalized spacial score (nSPS) is 29.2. The van der Waals surface area contributed by atoms with E-state index in [1.165, 1.54) is 0 Å². The molecule has 1 unspecified atom stereocenters. The summed E-state index contributed by atoms with van der Waals surface area (Å²) in [7, 11) is 0. The van der Waals surface area contributed by atoms with Crippen LogP contribution in [0.25, 0.3) is 0 Å². The highest BCUT2D eigenvalue weighted by atomic mass is 16.4. The van der Waals surface area contributed by atoms with Gasteiger partial charge in [0.2, 0.25) is 0 Å².